The number of nitrogens with zero attached hydrogens (tertiary/aromatic N) is 3. The zero-order valence-corrected chi connectivity index (χ0v) is 18.1. The summed E-state index contributed by atoms with van der Waals surface area (Å²) in [4.78, 5) is 25.8. The number of halogens is 1. The van der Waals surface area contributed by atoms with Crippen molar-refractivity contribution in [1.82, 2.24) is 9.58 Å². The fraction of sp³-hybridized carbons (Fsp3) is 0.160. The Kier molecular flexibility index (Phi) is 5.15. The maximum atomic E-state index is 13.4. The SMILES string of the molecule is Cc1ccc(C2CC(c3ccccc3)=NN2C(=O)Cn2c(=O)oc3ccc(Cl)cc32)cc1. The van der Waals surface area contributed by atoms with Crippen LogP contribution in [0.5, 0.6) is 0 Å². The van der Waals surface area contributed by atoms with Gasteiger partial charge < -0.3 is 4.42 Å². The number of carbonyl (C=O) groups is 1. The van der Waals surface area contributed by atoms with Crippen molar-refractivity contribution in [3.63, 3.8) is 0 Å². The molecule has 1 aromatic heterocycles. The number of hydrogen-bond donors (Lipinski definition) is 0. The molecule has 160 valence electrons. The van der Waals surface area contributed by atoms with Crippen LogP contribution in [0.25, 0.3) is 11.1 Å². The summed E-state index contributed by atoms with van der Waals surface area (Å²) in [7, 11) is 0. The second-order valence-electron chi connectivity index (χ2n) is 7.85. The van der Waals surface area contributed by atoms with E-state index in [1.807, 2.05) is 61.5 Å². The van der Waals surface area contributed by atoms with Gasteiger partial charge in [0.05, 0.1) is 17.3 Å². The van der Waals surface area contributed by atoms with Crippen molar-refractivity contribution < 1.29 is 9.21 Å². The number of carbonyl (C=O) groups excluding carboxylic acids is 1. The maximum absolute atomic E-state index is 13.4. The number of aromatic nitrogens is 1. The minimum atomic E-state index is -0.603. The summed E-state index contributed by atoms with van der Waals surface area (Å²) in [6.45, 7) is 1.83. The molecule has 6 nitrogen and oxygen atoms in total. The first-order valence-corrected chi connectivity index (χ1v) is 10.7. The molecule has 4 aromatic rings. The van der Waals surface area contributed by atoms with Crippen LogP contribution in [0.3, 0.4) is 0 Å². The van der Waals surface area contributed by atoms with E-state index in [1.54, 1.807) is 18.2 Å². The smallest absolute Gasteiger partial charge is 0.408 e. The second kappa shape index (κ2) is 8.13. The van der Waals surface area contributed by atoms with Crippen LogP contribution in [0.1, 0.15) is 29.2 Å². The first-order valence-electron chi connectivity index (χ1n) is 10.3. The van der Waals surface area contributed by atoms with Crippen molar-refractivity contribution in [3.8, 4) is 0 Å². The van der Waals surface area contributed by atoms with Crippen molar-refractivity contribution in [2.45, 2.75) is 25.9 Å². The van der Waals surface area contributed by atoms with Crippen molar-refractivity contribution in [3.05, 3.63) is 105 Å². The third kappa shape index (κ3) is 3.74. The summed E-state index contributed by atoms with van der Waals surface area (Å²) >= 11 is 6.09. The molecule has 1 amide bonds. The maximum Gasteiger partial charge on any atom is 0.420 e. The third-order valence-electron chi connectivity index (χ3n) is 5.66. The molecular weight excluding hydrogens is 426 g/mol. The molecule has 0 N–H and O–H groups in total. The summed E-state index contributed by atoms with van der Waals surface area (Å²) in [5, 5.41) is 6.62. The van der Waals surface area contributed by atoms with Crippen LogP contribution in [-0.4, -0.2) is 21.2 Å². The average Bonchev–Trinajstić information content (AvgIpc) is 3.37. The molecule has 1 unspecified atom stereocenters. The summed E-state index contributed by atoms with van der Waals surface area (Å²) < 4.78 is 6.57. The number of amides is 1. The van der Waals surface area contributed by atoms with Gasteiger partial charge in [-0.1, -0.05) is 71.8 Å². The fourth-order valence-corrected chi connectivity index (χ4v) is 4.15. The van der Waals surface area contributed by atoms with Crippen LogP contribution < -0.4 is 5.76 Å². The van der Waals surface area contributed by atoms with Gasteiger partial charge in [-0.25, -0.2) is 9.80 Å². The molecule has 32 heavy (non-hydrogen) atoms. The largest absolute Gasteiger partial charge is 0.420 e. The Labute approximate surface area is 189 Å². The number of benzene rings is 3. The first kappa shape index (κ1) is 20.3. The van der Waals surface area contributed by atoms with Gasteiger partial charge in [-0.3, -0.25) is 9.36 Å². The van der Waals surface area contributed by atoms with Gasteiger partial charge in [-0.15, -0.1) is 0 Å². The van der Waals surface area contributed by atoms with E-state index in [2.05, 4.69) is 5.10 Å². The number of aryl methyl sites for hydroxylation is 1. The molecule has 0 aliphatic carbocycles. The molecule has 5 rings (SSSR count). The standard InChI is InChI=1S/C25H20ClN3O3/c1-16-7-9-18(10-8-16)21-14-20(17-5-3-2-4-6-17)27-29(21)24(30)15-28-22-13-19(26)11-12-23(22)32-25(28)31/h2-13,21H,14-15H2,1H3. The van der Waals surface area contributed by atoms with Crippen LogP contribution >= 0.6 is 11.6 Å². The van der Waals surface area contributed by atoms with E-state index < -0.39 is 5.76 Å². The Morgan fingerprint density at radius 3 is 2.59 bits per heavy atom. The van der Waals surface area contributed by atoms with Gasteiger partial charge in [-0.05, 0) is 36.2 Å². The molecule has 1 aliphatic heterocycles. The molecule has 0 fully saturated rings. The number of fused-ring (bicyclic) bond motifs is 1. The van der Waals surface area contributed by atoms with E-state index in [1.165, 1.54) is 9.58 Å². The van der Waals surface area contributed by atoms with Gasteiger partial charge in [-0.2, -0.15) is 5.10 Å². The van der Waals surface area contributed by atoms with Gasteiger partial charge >= 0.3 is 5.76 Å². The lowest BCUT2D eigenvalue weighted by Gasteiger charge is -2.22. The molecule has 1 atom stereocenters. The number of rotatable bonds is 4. The van der Waals surface area contributed by atoms with E-state index in [0.29, 0.717) is 22.5 Å². The van der Waals surface area contributed by atoms with E-state index in [4.69, 9.17) is 16.0 Å². The molecule has 0 bridgehead atoms. The summed E-state index contributed by atoms with van der Waals surface area (Å²) in [6, 6.07) is 22.5. The number of hydrogen-bond acceptors (Lipinski definition) is 4. The lowest BCUT2D eigenvalue weighted by atomic mass is 9.98. The van der Waals surface area contributed by atoms with Gasteiger partial charge in [0, 0.05) is 11.4 Å². The highest BCUT2D eigenvalue weighted by Gasteiger charge is 2.33. The lowest BCUT2D eigenvalue weighted by Crippen LogP contribution is -2.32. The third-order valence-corrected chi connectivity index (χ3v) is 5.89. The molecule has 2 heterocycles. The Morgan fingerprint density at radius 1 is 1.09 bits per heavy atom. The second-order valence-corrected chi connectivity index (χ2v) is 8.28. The zero-order valence-electron chi connectivity index (χ0n) is 17.4. The van der Waals surface area contributed by atoms with E-state index in [-0.39, 0.29) is 18.5 Å². The number of oxazole rings is 1. The van der Waals surface area contributed by atoms with Crippen molar-refractivity contribution >= 4 is 34.3 Å². The van der Waals surface area contributed by atoms with E-state index in [0.717, 1.165) is 22.4 Å². The van der Waals surface area contributed by atoms with Gasteiger partial charge in [0.25, 0.3) is 5.91 Å². The Bertz CT molecular complexity index is 1390. The Balaban J connectivity index is 1.52. The molecule has 0 spiro atoms. The van der Waals surface area contributed by atoms with Crippen LogP contribution in [0.15, 0.2) is 87.1 Å². The van der Waals surface area contributed by atoms with Crippen LogP contribution in [0.4, 0.5) is 0 Å². The highest BCUT2D eigenvalue weighted by Crippen LogP contribution is 2.33. The molecule has 1 aliphatic rings. The van der Waals surface area contributed by atoms with Crippen molar-refractivity contribution in [1.29, 1.82) is 0 Å². The fourth-order valence-electron chi connectivity index (χ4n) is 3.99. The average molecular weight is 446 g/mol. The number of hydrazone groups is 1. The Morgan fingerprint density at radius 2 is 1.84 bits per heavy atom. The van der Waals surface area contributed by atoms with Crippen LogP contribution in [0.2, 0.25) is 5.02 Å². The normalized spacial score (nSPS) is 15.9. The quantitative estimate of drug-likeness (QED) is 0.447. The molecular formula is C25H20ClN3O3. The monoisotopic (exact) mass is 445 g/mol. The predicted molar refractivity (Wildman–Crippen MR) is 124 cm³/mol. The van der Waals surface area contributed by atoms with E-state index in [9.17, 15) is 9.59 Å². The van der Waals surface area contributed by atoms with Crippen LogP contribution in [0, 0.1) is 6.92 Å². The highest BCUT2D eigenvalue weighted by atomic mass is 35.5. The molecule has 0 radical (unpaired) electrons. The first-order chi connectivity index (χ1) is 15.5. The molecule has 0 saturated heterocycles. The van der Waals surface area contributed by atoms with Crippen molar-refractivity contribution in [2.24, 2.45) is 5.10 Å². The van der Waals surface area contributed by atoms with Gasteiger partial charge in [0.1, 0.15) is 6.54 Å². The minimum absolute atomic E-state index is 0.194. The predicted octanol–water partition coefficient (Wildman–Crippen LogP) is 4.93. The topological polar surface area (TPSA) is 67.8 Å². The molecule has 3 aromatic carbocycles. The van der Waals surface area contributed by atoms with E-state index >= 15 is 0 Å². The van der Waals surface area contributed by atoms with Crippen molar-refractivity contribution in [2.75, 3.05) is 0 Å². The minimum Gasteiger partial charge on any atom is -0.408 e. The molecule has 7 heteroatoms. The molecule has 0 saturated carbocycles. The Hall–Kier alpha value is -3.64. The van der Waals surface area contributed by atoms with Gasteiger partial charge in [0.2, 0.25) is 0 Å². The van der Waals surface area contributed by atoms with Crippen LogP contribution in [-0.2, 0) is 11.3 Å². The summed E-state index contributed by atoms with van der Waals surface area (Å²) in [6.07, 6.45) is 0.589. The van der Waals surface area contributed by atoms with Gasteiger partial charge in [0.15, 0.2) is 5.58 Å². The summed E-state index contributed by atoms with van der Waals surface area (Å²) in [5.74, 6) is -0.903. The summed E-state index contributed by atoms with van der Waals surface area (Å²) in [5.41, 5.74) is 4.80. The highest BCUT2D eigenvalue weighted by molar-refractivity contribution is 6.31. The zero-order chi connectivity index (χ0) is 22.2. The lowest BCUT2D eigenvalue weighted by molar-refractivity contribution is -0.133.